The molecule has 1 heterocycles. The normalized spacial score (nSPS) is 20.2. The smallest absolute Gasteiger partial charge is 0.226 e. The summed E-state index contributed by atoms with van der Waals surface area (Å²) < 4.78 is 0. The standard InChI is InChI=1S/C18H26N2O/c1-18(10-3-2-4-11-18)17(21)20-13-15-8-5-7-14-9-6-12-19-16(14)15/h5,7-8,19H,2-4,6,9-13H2,1H3,(H,20,21). The molecule has 114 valence electrons. The zero-order valence-electron chi connectivity index (χ0n) is 13.0. The molecule has 0 saturated heterocycles. The Balaban J connectivity index is 1.66. The number of hydrogen-bond acceptors (Lipinski definition) is 2. The van der Waals surface area contributed by atoms with Crippen molar-refractivity contribution in [3.05, 3.63) is 29.3 Å². The molecule has 1 aromatic rings. The van der Waals surface area contributed by atoms with E-state index in [0.29, 0.717) is 6.54 Å². The number of hydrogen-bond donors (Lipinski definition) is 2. The van der Waals surface area contributed by atoms with E-state index in [0.717, 1.165) is 25.8 Å². The van der Waals surface area contributed by atoms with Gasteiger partial charge in [0.2, 0.25) is 5.91 Å². The number of benzene rings is 1. The number of nitrogens with one attached hydrogen (secondary N) is 2. The average Bonchev–Trinajstić information content (AvgIpc) is 2.53. The Morgan fingerprint density at radius 2 is 2.05 bits per heavy atom. The van der Waals surface area contributed by atoms with Crippen LogP contribution in [0.2, 0.25) is 0 Å². The quantitative estimate of drug-likeness (QED) is 0.891. The number of carbonyl (C=O) groups excluding carboxylic acids is 1. The summed E-state index contributed by atoms with van der Waals surface area (Å²) in [6.45, 7) is 3.81. The van der Waals surface area contributed by atoms with E-state index in [1.54, 1.807) is 0 Å². The summed E-state index contributed by atoms with van der Waals surface area (Å²) in [6, 6.07) is 6.42. The summed E-state index contributed by atoms with van der Waals surface area (Å²) in [6.07, 6.45) is 8.05. The van der Waals surface area contributed by atoms with Gasteiger partial charge in [0.1, 0.15) is 0 Å². The first-order valence-electron chi connectivity index (χ1n) is 8.32. The SMILES string of the molecule is CC1(C(=O)NCc2cccc3c2NCCC3)CCCCC1. The fourth-order valence-electron chi connectivity index (χ4n) is 3.68. The van der Waals surface area contributed by atoms with Gasteiger partial charge in [-0.15, -0.1) is 0 Å². The van der Waals surface area contributed by atoms with Crippen LogP contribution in [-0.2, 0) is 17.8 Å². The molecule has 0 atom stereocenters. The molecule has 2 aliphatic rings. The van der Waals surface area contributed by atoms with Gasteiger partial charge in [-0.05, 0) is 36.8 Å². The van der Waals surface area contributed by atoms with Crippen molar-refractivity contribution < 1.29 is 4.79 Å². The number of fused-ring (bicyclic) bond motifs is 1. The van der Waals surface area contributed by atoms with E-state index < -0.39 is 0 Å². The maximum atomic E-state index is 12.5. The second-order valence-electron chi connectivity index (χ2n) is 6.79. The molecule has 1 aliphatic heterocycles. The molecule has 3 rings (SSSR count). The first-order valence-corrected chi connectivity index (χ1v) is 8.32. The van der Waals surface area contributed by atoms with E-state index in [1.165, 1.54) is 42.5 Å². The number of amides is 1. The molecule has 1 saturated carbocycles. The van der Waals surface area contributed by atoms with Crippen molar-refractivity contribution in [1.82, 2.24) is 5.32 Å². The molecule has 0 unspecified atom stereocenters. The largest absolute Gasteiger partial charge is 0.385 e. The fraction of sp³-hybridized carbons (Fsp3) is 0.611. The zero-order chi connectivity index (χ0) is 14.7. The highest BCUT2D eigenvalue weighted by Gasteiger charge is 2.34. The van der Waals surface area contributed by atoms with Crippen LogP contribution in [0.4, 0.5) is 5.69 Å². The van der Waals surface area contributed by atoms with Crippen molar-refractivity contribution in [3.8, 4) is 0 Å². The Kier molecular flexibility index (Phi) is 4.18. The lowest BCUT2D eigenvalue weighted by atomic mass is 9.75. The van der Waals surface area contributed by atoms with Crippen LogP contribution in [0.25, 0.3) is 0 Å². The third-order valence-corrected chi connectivity index (χ3v) is 5.11. The van der Waals surface area contributed by atoms with Crippen molar-refractivity contribution in [3.63, 3.8) is 0 Å². The number of aryl methyl sites for hydroxylation is 1. The van der Waals surface area contributed by atoms with Crippen LogP contribution in [0.1, 0.15) is 56.6 Å². The Morgan fingerprint density at radius 1 is 1.24 bits per heavy atom. The van der Waals surface area contributed by atoms with E-state index in [4.69, 9.17) is 0 Å². The predicted molar refractivity (Wildman–Crippen MR) is 86.3 cm³/mol. The van der Waals surface area contributed by atoms with Crippen LogP contribution < -0.4 is 10.6 Å². The van der Waals surface area contributed by atoms with Gasteiger partial charge < -0.3 is 10.6 Å². The summed E-state index contributed by atoms with van der Waals surface area (Å²) >= 11 is 0. The summed E-state index contributed by atoms with van der Waals surface area (Å²) in [5.74, 6) is 0.232. The molecule has 1 fully saturated rings. The topological polar surface area (TPSA) is 41.1 Å². The van der Waals surface area contributed by atoms with Gasteiger partial charge in [0.15, 0.2) is 0 Å². The maximum absolute atomic E-state index is 12.5. The molecule has 0 bridgehead atoms. The van der Waals surface area contributed by atoms with Crippen LogP contribution in [0.15, 0.2) is 18.2 Å². The highest BCUT2D eigenvalue weighted by molar-refractivity contribution is 5.82. The summed E-state index contributed by atoms with van der Waals surface area (Å²) in [7, 11) is 0. The Morgan fingerprint density at radius 3 is 2.86 bits per heavy atom. The predicted octanol–water partition coefficient (Wildman–Crippen LogP) is 3.63. The van der Waals surface area contributed by atoms with E-state index in [1.807, 2.05) is 0 Å². The van der Waals surface area contributed by atoms with Gasteiger partial charge in [-0.25, -0.2) is 0 Å². The average molecular weight is 286 g/mol. The molecule has 1 aromatic carbocycles. The second-order valence-corrected chi connectivity index (χ2v) is 6.79. The van der Waals surface area contributed by atoms with Crippen molar-refractivity contribution in [2.45, 2.75) is 58.4 Å². The van der Waals surface area contributed by atoms with Crippen LogP contribution in [0.3, 0.4) is 0 Å². The van der Waals surface area contributed by atoms with Crippen LogP contribution in [-0.4, -0.2) is 12.5 Å². The highest BCUT2D eigenvalue weighted by atomic mass is 16.2. The van der Waals surface area contributed by atoms with Gasteiger partial charge in [0.25, 0.3) is 0 Å². The van der Waals surface area contributed by atoms with Gasteiger partial charge in [0, 0.05) is 24.2 Å². The molecule has 0 radical (unpaired) electrons. The molecule has 0 spiro atoms. The number of anilines is 1. The summed E-state index contributed by atoms with van der Waals surface area (Å²) in [5, 5.41) is 6.67. The number of para-hydroxylation sites is 1. The third kappa shape index (κ3) is 3.07. The van der Waals surface area contributed by atoms with Crippen LogP contribution >= 0.6 is 0 Å². The molecule has 1 aliphatic carbocycles. The lowest BCUT2D eigenvalue weighted by Crippen LogP contribution is -2.40. The number of rotatable bonds is 3. The fourth-order valence-corrected chi connectivity index (χ4v) is 3.68. The summed E-state index contributed by atoms with van der Waals surface area (Å²) in [5.41, 5.74) is 3.70. The summed E-state index contributed by atoms with van der Waals surface area (Å²) in [4.78, 5) is 12.5. The van der Waals surface area contributed by atoms with Crippen molar-refractivity contribution in [2.75, 3.05) is 11.9 Å². The van der Waals surface area contributed by atoms with E-state index >= 15 is 0 Å². The highest BCUT2D eigenvalue weighted by Crippen LogP contribution is 2.36. The van der Waals surface area contributed by atoms with E-state index in [-0.39, 0.29) is 11.3 Å². The molecular formula is C18H26N2O. The van der Waals surface area contributed by atoms with Crippen LogP contribution in [0, 0.1) is 5.41 Å². The van der Waals surface area contributed by atoms with Crippen LogP contribution in [0.5, 0.6) is 0 Å². The molecule has 3 nitrogen and oxygen atoms in total. The van der Waals surface area contributed by atoms with E-state index in [2.05, 4.69) is 35.8 Å². The van der Waals surface area contributed by atoms with Crippen molar-refractivity contribution >= 4 is 11.6 Å². The van der Waals surface area contributed by atoms with Gasteiger partial charge in [-0.1, -0.05) is 44.4 Å². The lowest BCUT2D eigenvalue weighted by molar-refractivity contribution is -0.132. The minimum Gasteiger partial charge on any atom is -0.385 e. The first kappa shape index (κ1) is 14.4. The van der Waals surface area contributed by atoms with Crippen molar-refractivity contribution in [1.29, 1.82) is 0 Å². The molecular weight excluding hydrogens is 260 g/mol. The zero-order valence-corrected chi connectivity index (χ0v) is 13.0. The third-order valence-electron chi connectivity index (χ3n) is 5.11. The Bertz CT molecular complexity index is 518. The minimum atomic E-state index is -0.152. The van der Waals surface area contributed by atoms with Gasteiger partial charge >= 0.3 is 0 Å². The number of carbonyl (C=O) groups is 1. The van der Waals surface area contributed by atoms with Gasteiger partial charge in [-0.2, -0.15) is 0 Å². The van der Waals surface area contributed by atoms with E-state index in [9.17, 15) is 4.79 Å². The molecule has 1 amide bonds. The molecule has 0 aromatic heterocycles. The molecule has 21 heavy (non-hydrogen) atoms. The Hall–Kier alpha value is -1.51. The second kappa shape index (κ2) is 6.08. The van der Waals surface area contributed by atoms with Crippen molar-refractivity contribution in [2.24, 2.45) is 5.41 Å². The maximum Gasteiger partial charge on any atom is 0.226 e. The van der Waals surface area contributed by atoms with Gasteiger partial charge in [0.05, 0.1) is 0 Å². The monoisotopic (exact) mass is 286 g/mol. The van der Waals surface area contributed by atoms with Gasteiger partial charge in [-0.3, -0.25) is 4.79 Å². The molecule has 2 N–H and O–H groups in total. The Labute approximate surface area is 127 Å². The first-order chi connectivity index (χ1) is 10.2. The minimum absolute atomic E-state index is 0.152. The lowest BCUT2D eigenvalue weighted by Gasteiger charge is -2.32. The molecule has 3 heteroatoms.